The molecule has 25 heteroatoms. The van der Waals surface area contributed by atoms with E-state index in [2.05, 4.69) is 20.1 Å². The number of amides is 1. The molecule has 1 amide bonds. The fraction of sp³-hybridized carbons (Fsp3) is 0.635. The van der Waals surface area contributed by atoms with Crippen molar-refractivity contribution in [3.63, 3.8) is 0 Å². The summed E-state index contributed by atoms with van der Waals surface area (Å²) in [4.78, 5) is 74.3. The van der Waals surface area contributed by atoms with Crippen LogP contribution in [0.3, 0.4) is 0 Å². The molecule has 0 aliphatic carbocycles. The van der Waals surface area contributed by atoms with Gasteiger partial charge in [0, 0.05) is 49.3 Å². The summed E-state index contributed by atoms with van der Waals surface area (Å²) < 4.78 is 82.1. The molecule has 0 N–H and O–H groups in total. The Labute approximate surface area is 513 Å². The summed E-state index contributed by atoms with van der Waals surface area (Å²) in [6.45, 7) is 15.7. The fourth-order valence-corrected chi connectivity index (χ4v) is 11.8. The molecule has 88 heavy (non-hydrogen) atoms. The van der Waals surface area contributed by atoms with E-state index < -0.39 is 152 Å². The highest BCUT2D eigenvalue weighted by molar-refractivity contribution is 5.81. The molecule has 4 saturated heterocycles. The normalized spacial score (nSPS) is 32.0. The van der Waals surface area contributed by atoms with Gasteiger partial charge in [-0.25, -0.2) is 9.59 Å². The van der Waals surface area contributed by atoms with Crippen molar-refractivity contribution in [1.29, 1.82) is 0 Å². The minimum atomic E-state index is -1.52. The van der Waals surface area contributed by atoms with Crippen molar-refractivity contribution in [3.05, 3.63) is 129 Å². The summed E-state index contributed by atoms with van der Waals surface area (Å²) in [5.74, 6) is -4.77. The van der Waals surface area contributed by atoms with Gasteiger partial charge in [0.2, 0.25) is 0 Å². The van der Waals surface area contributed by atoms with Crippen molar-refractivity contribution < 1.29 is 85.6 Å². The number of ketones is 1. The molecule has 0 radical (unpaired) electrons. The Kier molecular flexibility index (Phi) is 26.4. The molecule has 4 aliphatic rings. The molecule has 4 heterocycles. The van der Waals surface area contributed by atoms with Gasteiger partial charge in [-0.05, 0) is 84.5 Å². The summed E-state index contributed by atoms with van der Waals surface area (Å²) in [5.41, 5.74) is 22.6. The van der Waals surface area contributed by atoms with Crippen LogP contribution in [0.2, 0.25) is 0 Å². The zero-order chi connectivity index (χ0) is 63.4. The lowest BCUT2D eigenvalue weighted by Gasteiger charge is -2.51. The first-order chi connectivity index (χ1) is 42.4. The van der Waals surface area contributed by atoms with Crippen molar-refractivity contribution in [3.8, 4) is 0 Å². The number of benzene rings is 3. The second-order valence-corrected chi connectivity index (χ2v) is 22.8. The molecule has 25 nitrogen and oxygen atoms in total. The Bertz CT molecular complexity index is 2820. The Morgan fingerprint density at radius 1 is 0.534 bits per heavy atom. The summed E-state index contributed by atoms with van der Waals surface area (Å²) in [6, 6.07) is 26.2. The topological polar surface area (TPSA) is 306 Å². The van der Waals surface area contributed by atoms with E-state index in [0.29, 0.717) is 45.2 Å². The Balaban J connectivity index is 1.09. The highest BCUT2D eigenvalue weighted by Crippen LogP contribution is 2.42. The molecule has 20 atom stereocenters. The maximum absolute atomic E-state index is 14.1. The fourth-order valence-electron chi connectivity index (χ4n) is 11.8. The van der Waals surface area contributed by atoms with Crippen molar-refractivity contribution in [1.82, 2.24) is 4.90 Å². The van der Waals surface area contributed by atoms with Crippen LogP contribution in [0.25, 0.3) is 20.9 Å². The first-order valence-corrected chi connectivity index (χ1v) is 30.3. The molecule has 7 rings (SSSR count). The van der Waals surface area contributed by atoms with Gasteiger partial charge < -0.3 is 66.5 Å². The van der Waals surface area contributed by atoms with Crippen molar-refractivity contribution in [2.75, 3.05) is 20.3 Å². The molecule has 0 bridgehead atoms. The number of ether oxygens (including phenoxy) is 13. The van der Waals surface area contributed by atoms with E-state index in [4.69, 9.17) is 61.6 Å². The Morgan fingerprint density at radius 3 is 1.57 bits per heavy atom. The number of hydrogen-bond acceptors (Lipinski definition) is 20. The summed E-state index contributed by atoms with van der Waals surface area (Å²) >= 11 is 0. The maximum Gasteiger partial charge on any atom is 0.410 e. The van der Waals surface area contributed by atoms with Crippen LogP contribution >= 0.6 is 0 Å². The van der Waals surface area contributed by atoms with Crippen molar-refractivity contribution >= 4 is 29.8 Å². The predicted molar refractivity (Wildman–Crippen MR) is 314 cm³/mol. The second kappa shape index (κ2) is 33.7. The maximum atomic E-state index is 14.1. The first-order valence-electron chi connectivity index (χ1n) is 30.3. The largest absolute Gasteiger partial charge is 0.467 e. The quantitative estimate of drug-likeness (QED) is 0.0163. The number of azide groups is 2. The van der Waals surface area contributed by atoms with Crippen LogP contribution < -0.4 is 0 Å². The number of carbonyl (C=O) groups excluding carboxylic acids is 5. The Morgan fingerprint density at radius 2 is 1.03 bits per heavy atom. The van der Waals surface area contributed by atoms with Gasteiger partial charge in [0.25, 0.3) is 0 Å². The molecule has 3 aromatic rings. The lowest BCUT2D eigenvalue weighted by molar-refractivity contribution is -0.364. The minimum Gasteiger partial charge on any atom is -0.467 e. The van der Waals surface area contributed by atoms with Crippen molar-refractivity contribution in [2.45, 2.75) is 212 Å². The van der Waals surface area contributed by atoms with Crippen molar-refractivity contribution in [2.24, 2.45) is 33.9 Å². The van der Waals surface area contributed by atoms with Crippen LogP contribution in [0.1, 0.15) is 111 Å². The molecule has 0 aromatic heterocycles. The van der Waals surface area contributed by atoms with E-state index in [-0.39, 0.29) is 19.8 Å². The molecule has 480 valence electrons. The van der Waals surface area contributed by atoms with Crippen LogP contribution in [-0.2, 0) is 101 Å². The average molecular weight is 1230 g/mol. The van der Waals surface area contributed by atoms with Gasteiger partial charge in [-0.3, -0.25) is 14.4 Å². The summed E-state index contributed by atoms with van der Waals surface area (Å²) in [6.07, 6.45) is -14.2. The number of methoxy groups -OCH3 is 1. The third kappa shape index (κ3) is 18.0. The highest BCUT2D eigenvalue weighted by Gasteiger charge is 2.57. The highest BCUT2D eigenvalue weighted by atomic mass is 16.8. The smallest absolute Gasteiger partial charge is 0.410 e. The predicted octanol–water partition coefficient (Wildman–Crippen LogP) is 10.0. The van der Waals surface area contributed by atoms with E-state index in [1.807, 2.05) is 119 Å². The van der Waals surface area contributed by atoms with Crippen LogP contribution in [-0.4, -0.2) is 153 Å². The third-order valence-electron chi connectivity index (χ3n) is 16.7. The molecule has 4 aliphatic heterocycles. The van der Waals surface area contributed by atoms with Gasteiger partial charge >= 0.3 is 24.0 Å². The van der Waals surface area contributed by atoms with E-state index in [0.717, 1.165) is 16.7 Å². The summed E-state index contributed by atoms with van der Waals surface area (Å²) in [7, 11) is 1.24. The average Bonchev–Trinajstić information content (AvgIpc) is 2.49. The third-order valence-corrected chi connectivity index (χ3v) is 16.7. The number of carbonyl (C=O) groups is 5. The van der Waals surface area contributed by atoms with Gasteiger partial charge in [-0.2, -0.15) is 0 Å². The van der Waals surface area contributed by atoms with E-state index >= 15 is 0 Å². The summed E-state index contributed by atoms with van der Waals surface area (Å²) in [5, 5.41) is 8.29. The number of nitrogens with zero attached hydrogens (tertiary/aromatic N) is 7. The minimum absolute atomic E-state index is 0.0735. The molecular formula is C63H85N7O18. The van der Waals surface area contributed by atoms with E-state index in [1.54, 1.807) is 18.7 Å². The molecule has 9 unspecified atom stereocenters. The standard InChI is InChI=1S/C63H85N7O18/c1-11-46-50(38(5)48(66-68-64)59(82-46)77-32-24-16-23-31-70(33-43-25-17-13-18-26-43)63(75)79-35-45-29-21-15-22-30-45)85-62-57(81-42(9)73)55(78-34-44-27-19-14-20-28-44)56(54(87-62)40(7)71)88-60-49(67-69-65)39(6)51(47(12-2)83-60)84-61-53(80-41(8)72)37(4)36(3)52(86-61)58(74)76-10/h13-15,17-22,25-30,36-39,46-57,59-62H,11-12,16,23-24,31-35H2,1-10H3/t36-,37?,38?,39?,46-,47?,48?,49-,50-,51-,52?,53-,54?,55?,56+,57?,59-,60+,61+,62+/m0/s1. The number of unbranched alkanes of at least 4 members (excludes halogenated alkanes) is 2. The molecule has 4 fully saturated rings. The molecule has 0 saturated carbocycles. The monoisotopic (exact) mass is 1230 g/mol. The molecule has 0 spiro atoms. The van der Waals surface area contributed by atoms with Crippen LogP contribution in [0, 0.1) is 23.7 Å². The number of esters is 3. The van der Waals surface area contributed by atoms with Crippen LogP contribution in [0.15, 0.2) is 101 Å². The zero-order valence-electron chi connectivity index (χ0n) is 51.8. The van der Waals surface area contributed by atoms with Gasteiger partial charge in [-0.15, -0.1) is 0 Å². The van der Waals surface area contributed by atoms with E-state index in [9.17, 15) is 35.0 Å². The van der Waals surface area contributed by atoms with Crippen LogP contribution in [0.4, 0.5) is 4.79 Å². The van der Waals surface area contributed by atoms with Gasteiger partial charge in [-0.1, -0.05) is 143 Å². The number of rotatable bonds is 28. The first kappa shape index (κ1) is 68.8. The van der Waals surface area contributed by atoms with E-state index in [1.165, 1.54) is 27.9 Å². The lowest BCUT2D eigenvalue weighted by Crippen LogP contribution is -2.66. The number of hydrogen-bond donors (Lipinski definition) is 0. The Hall–Kier alpha value is -6.73. The van der Waals surface area contributed by atoms with Gasteiger partial charge in [0.1, 0.15) is 24.9 Å². The number of Topliss-reactive ketones (excluding diaryl/α,β-unsaturated/α-hetero) is 1. The SMILES string of the molecule is CCC1O[C@H](O[C@@H]2C(C(C)=O)O[C@@H](O[C@H]3C(C)C(N=[N+]=[N-])[C@@H](OCCCCCN(Cc4ccccc4)C(=O)OCc4ccccc4)O[C@H]3CC)C(OC(C)=O)C2OCc2ccccc2)[C@@H](N=[N+]=[N-])C(C)[C@@H]1O[C@@H]1OC(C(=O)OC)[C@@H](C)C(C)[C@@H]1OC(C)=O. The van der Waals surface area contributed by atoms with Gasteiger partial charge in [0.15, 0.2) is 49.3 Å². The lowest BCUT2D eigenvalue weighted by atomic mass is 9.83. The van der Waals surface area contributed by atoms with Gasteiger partial charge in [0.05, 0.1) is 50.2 Å². The van der Waals surface area contributed by atoms with Crippen LogP contribution in [0.5, 0.6) is 0 Å². The zero-order valence-corrected chi connectivity index (χ0v) is 51.8. The second-order valence-electron chi connectivity index (χ2n) is 22.8. The molecule has 3 aromatic carbocycles. The molecular weight excluding hydrogens is 1140 g/mol.